The zero-order chi connectivity index (χ0) is 16.3. The lowest BCUT2D eigenvalue weighted by molar-refractivity contribution is 0.0951. The van der Waals surface area contributed by atoms with E-state index < -0.39 is 0 Å². The molecular formula is C18H23N3O. The maximum Gasteiger partial charge on any atom is 0.251 e. The number of rotatable bonds is 5. The normalized spacial score (nSPS) is 15.5. The molecule has 1 amide bonds. The molecular weight excluding hydrogens is 274 g/mol. The van der Waals surface area contributed by atoms with Gasteiger partial charge in [0, 0.05) is 17.8 Å². The third kappa shape index (κ3) is 3.79. The molecule has 0 unspecified atom stereocenters. The average molecular weight is 297 g/mol. The van der Waals surface area contributed by atoms with E-state index in [2.05, 4.69) is 11.9 Å². The minimum atomic E-state index is -0.0291. The summed E-state index contributed by atoms with van der Waals surface area (Å²) in [6, 6.07) is 6.00. The highest BCUT2D eigenvalue weighted by molar-refractivity contribution is 5.96. The van der Waals surface area contributed by atoms with E-state index >= 15 is 0 Å². The van der Waals surface area contributed by atoms with Crippen LogP contribution in [0.2, 0.25) is 0 Å². The fourth-order valence-electron chi connectivity index (χ4n) is 2.16. The molecule has 0 radical (unpaired) electrons. The van der Waals surface area contributed by atoms with E-state index in [9.17, 15) is 4.79 Å². The molecule has 116 valence electrons. The Hall–Kier alpha value is -2.49. The van der Waals surface area contributed by atoms with Crippen molar-refractivity contribution in [3.05, 3.63) is 65.0 Å². The SMILES string of the molecule is C=C(/C=C(C)\C(N)=C/N)c1cc(C(=O)NC2CC2)ccc1C. The van der Waals surface area contributed by atoms with E-state index in [0.717, 1.165) is 35.1 Å². The smallest absolute Gasteiger partial charge is 0.251 e. The molecule has 1 aliphatic carbocycles. The maximum atomic E-state index is 12.2. The first-order valence-corrected chi connectivity index (χ1v) is 7.39. The van der Waals surface area contributed by atoms with E-state index in [1.807, 2.05) is 38.1 Å². The van der Waals surface area contributed by atoms with E-state index in [0.29, 0.717) is 17.3 Å². The summed E-state index contributed by atoms with van der Waals surface area (Å²) in [4.78, 5) is 12.2. The van der Waals surface area contributed by atoms with Crippen LogP contribution in [-0.4, -0.2) is 11.9 Å². The van der Waals surface area contributed by atoms with Crippen molar-refractivity contribution in [1.82, 2.24) is 5.32 Å². The summed E-state index contributed by atoms with van der Waals surface area (Å²) in [7, 11) is 0. The number of nitrogens with one attached hydrogen (secondary N) is 1. The summed E-state index contributed by atoms with van der Waals surface area (Å²) in [6.07, 6.45) is 5.39. The van der Waals surface area contributed by atoms with Crippen molar-refractivity contribution in [3.63, 3.8) is 0 Å². The van der Waals surface area contributed by atoms with Crippen molar-refractivity contribution in [3.8, 4) is 0 Å². The van der Waals surface area contributed by atoms with Gasteiger partial charge in [0.05, 0.1) is 5.70 Å². The molecule has 0 aromatic heterocycles. The van der Waals surface area contributed by atoms with Gasteiger partial charge < -0.3 is 16.8 Å². The molecule has 2 rings (SSSR count). The van der Waals surface area contributed by atoms with Crippen molar-refractivity contribution in [2.24, 2.45) is 11.5 Å². The number of nitrogens with two attached hydrogens (primary N) is 2. The van der Waals surface area contributed by atoms with Crippen LogP contribution in [0.15, 0.2) is 48.3 Å². The predicted molar refractivity (Wildman–Crippen MR) is 90.9 cm³/mol. The molecule has 0 bridgehead atoms. The molecule has 0 heterocycles. The Morgan fingerprint density at radius 2 is 2.09 bits per heavy atom. The first kappa shape index (κ1) is 15.9. The number of carbonyl (C=O) groups excluding carboxylic acids is 1. The molecule has 4 heteroatoms. The largest absolute Gasteiger partial charge is 0.403 e. The van der Waals surface area contributed by atoms with Crippen LogP contribution in [0.5, 0.6) is 0 Å². The molecule has 4 nitrogen and oxygen atoms in total. The van der Waals surface area contributed by atoms with E-state index in [-0.39, 0.29) is 5.91 Å². The standard InChI is InChI=1S/C18H23N3O/c1-11-4-5-14(18(22)21-15-6-7-15)9-16(11)12(2)8-13(3)17(20)10-19/h4-5,8-10,15H,2,6-7,19-20H2,1,3H3,(H,21,22)/b13-8-,17-10+. The van der Waals surface area contributed by atoms with Crippen LogP contribution < -0.4 is 16.8 Å². The van der Waals surface area contributed by atoms with Crippen LogP contribution in [0.25, 0.3) is 5.57 Å². The maximum absolute atomic E-state index is 12.2. The quantitative estimate of drug-likeness (QED) is 0.731. The van der Waals surface area contributed by atoms with Crippen molar-refractivity contribution in [2.75, 3.05) is 0 Å². The molecule has 0 spiro atoms. The Morgan fingerprint density at radius 1 is 1.41 bits per heavy atom. The number of aryl methyl sites for hydroxylation is 1. The summed E-state index contributed by atoms with van der Waals surface area (Å²) in [5.74, 6) is -0.0291. The molecule has 1 aliphatic rings. The van der Waals surface area contributed by atoms with Gasteiger partial charge >= 0.3 is 0 Å². The Bertz CT molecular complexity index is 667. The second-order valence-electron chi connectivity index (χ2n) is 5.75. The van der Waals surface area contributed by atoms with E-state index in [1.54, 1.807) is 0 Å². The van der Waals surface area contributed by atoms with Crippen LogP contribution in [-0.2, 0) is 0 Å². The molecule has 22 heavy (non-hydrogen) atoms. The van der Waals surface area contributed by atoms with Crippen LogP contribution in [0.4, 0.5) is 0 Å². The molecule has 1 saturated carbocycles. The summed E-state index contributed by atoms with van der Waals surface area (Å²) in [6.45, 7) is 7.96. The molecule has 1 aromatic rings. The van der Waals surface area contributed by atoms with Gasteiger partial charge in [0.2, 0.25) is 0 Å². The van der Waals surface area contributed by atoms with Crippen molar-refractivity contribution in [1.29, 1.82) is 0 Å². The molecule has 0 saturated heterocycles. The molecule has 0 atom stereocenters. The van der Waals surface area contributed by atoms with Crippen molar-refractivity contribution < 1.29 is 4.79 Å². The molecule has 0 aliphatic heterocycles. The Balaban J connectivity index is 2.25. The van der Waals surface area contributed by atoms with Gasteiger partial charge in [-0.15, -0.1) is 0 Å². The summed E-state index contributed by atoms with van der Waals surface area (Å²) in [5, 5.41) is 2.99. The summed E-state index contributed by atoms with van der Waals surface area (Å²) in [5.41, 5.74) is 16.0. The summed E-state index contributed by atoms with van der Waals surface area (Å²) >= 11 is 0. The Morgan fingerprint density at radius 3 is 2.68 bits per heavy atom. The van der Waals surface area contributed by atoms with Gasteiger partial charge in [-0.1, -0.05) is 12.6 Å². The lowest BCUT2D eigenvalue weighted by Gasteiger charge is -2.11. The van der Waals surface area contributed by atoms with Gasteiger partial charge in [0.25, 0.3) is 5.91 Å². The highest BCUT2D eigenvalue weighted by atomic mass is 16.1. The third-order valence-electron chi connectivity index (χ3n) is 3.78. The fourth-order valence-corrected chi connectivity index (χ4v) is 2.16. The number of hydrogen-bond donors (Lipinski definition) is 3. The van der Waals surface area contributed by atoms with Gasteiger partial charge in [0.15, 0.2) is 0 Å². The van der Waals surface area contributed by atoms with Gasteiger partial charge in [-0.3, -0.25) is 4.79 Å². The molecule has 1 fully saturated rings. The minimum absolute atomic E-state index is 0.0291. The van der Waals surface area contributed by atoms with Crippen LogP contribution in [0, 0.1) is 6.92 Å². The first-order chi connectivity index (χ1) is 10.4. The van der Waals surface area contributed by atoms with Gasteiger partial charge in [-0.05, 0) is 67.2 Å². The van der Waals surface area contributed by atoms with Gasteiger partial charge in [0.1, 0.15) is 0 Å². The highest BCUT2D eigenvalue weighted by Gasteiger charge is 2.24. The number of hydrogen-bond acceptors (Lipinski definition) is 3. The van der Waals surface area contributed by atoms with E-state index in [4.69, 9.17) is 11.5 Å². The van der Waals surface area contributed by atoms with Gasteiger partial charge in [-0.25, -0.2) is 0 Å². The van der Waals surface area contributed by atoms with Crippen molar-refractivity contribution >= 4 is 11.5 Å². The topological polar surface area (TPSA) is 81.1 Å². The number of carbonyl (C=O) groups is 1. The number of allylic oxidation sites excluding steroid dienone is 3. The monoisotopic (exact) mass is 297 g/mol. The lowest BCUT2D eigenvalue weighted by Crippen LogP contribution is -2.25. The van der Waals surface area contributed by atoms with Gasteiger partial charge in [-0.2, -0.15) is 0 Å². The number of benzene rings is 1. The summed E-state index contributed by atoms with van der Waals surface area (Å²) < 4.78 is 0. The molecule has 1 aromatic carbocycles. The molecule has 5 N–H and O–H groups in total. The second kappa shape index (κ2) is 6.52. The fraction of sp³-hybridized carbons (Fsp3) is 0.278. The van der Waals surface area contributed by atoms with Crippen LogP contribution in [0.1, 0.15) is 41.3 Å². The van der Waals surface area contributed by atoms with E-state index in [1.165, 1.54) is 6.20 Å². The Labute approximate surface area is 131 Å². The van der Waals surface area contributed by atoms with Crippen LogP contribution in [0.3, 0.4) is 0 Å². The second-order valence-corrected chi connectivity index (χ2v) is 5.75. The average Bonchev–Trinajstić information content (AvgIpc) is 3.30. The van der Waals surface area contributed by atoms with Crippen molar-refractivity contribution in [2.45, 2.75) is 32.7 Å². The zero-order valence-corrected chi connectivity index (χ0v) is 13.1. The highest BCUT2D eigenvalue weighted by Crippen LogP contribution is 2.24. The number of amides is 1. The third-order valence-corrected chi connectivity index (χ3v) is 3.78. The minimum Gasteiger partial charge on any atom is -0.403 e. The Kier molecular flexibility index (Phi) is 4.71. The van der Waals surface area contributed by atoms with Crippen LogP contribution >= 0.6 is 0 Å². The lowest BCUT2D eigenvalue weighted by atomic mass is 9.97. The zero-order valence-electron chi connectivity index (χ0n) is 13.1. The predicted octanol–water partition coefficient (Wildman–Crippen LogP) is 2.61. The first-order valence-electron chi connectivity index (χ1n) is 7.39.